The summed E-state index contributed by atoms with van der Waals surface area (Å²) in [6, 6.07) is -3.08. The van der Waals surface area contributed by atoms with E-state index < -0.39 is 104 Å². The Kier molecular flexibility index (Phi) is 13.5. The molecule has 19 nitrogen and oxygen atoms in total. The van der Waals surface area contributed by atoms with Gasteiger partial charge in [-0.3, -0.25) is 10.0 Å². The van der Waals surface area contributed by atoms with Gasteiger partial charge in [-0.05, 0) is 37.6 Å². The molecule has 0 aromatic rings. The van der Waals surface area contributed by atoms with Crippen LogP contribution in [0.3, 0.4) is 0 Å². The van der Waals surface area contributed by atoms with Gasteiger partial charge in [-0.15, -0.1) is 0 Å². The van der Waals surface area contributed by atoms with E-state index in [2.05, 4.69) is 5.32 Å². The maximum absolute atomic E-state index is 12.8. The zero-order chi connectivity index (χ0) is 33.9. The van der Waals surface area contributed by atoms with Crippen molar-refractivity contribution in [2.45, 2.75) is 117 Å². The molecule has 1 unspecified atom stereocenters. The molecule has 18 N–H and O–H groups in total. The Bertz CT molecular complexity index is 970. The lowest BCUT2D eigenvalue weighted by atomic mass is 9.77. The number of amides is 1. The van der Waals surface area contributed by atoms with Crippen LogP contribution in [-0.2, 0) is 23.7 Å². The third-order valence-corrected chi connectivity index (χ3v) is 9.57. The standard InChI is InChI=1S/C27H53N7O12/c28-1-2-34(42)16(36)6-11-5-13(31)25(23(41)24(11)45-27-21(39)17(32)19(37)15(9-35)44-27)46-26-18(33-8-10-3-12(30)4-10)22(40)20(38)14(7-29)43-26/h10-15,17-27,33,35,37-42H,1-9,28-32H2/t10?,11-,12?,13-,14+,15+,17-,18+,19+,20+,21+,22+,23+,24-,25?,26+,27+/m0/s1. The van der Waals surface area contributed by atoms with E-state index in [1.54, 1.807) is 0 Å². The van der Waals surface area contributed by atoms with Gasteiger partial charge in [-0.1, -0.05) is 0 Å². The van der Waals surface area contributed by atoms with Crippen molar-refractivity contribution >= 4 is 5.91 Å². The molecule has 19 heteroatoms. The summed E-state index contributed by atoms with van der Waals surface area (Å²) in [6.07, 6.45) is -13.7. The van der Waals surface area contributed by atoms with Crippen LogP contribution in [0.1, 0.15) is 25.7 Å². The first-order valence-corrected chi connectivity index (χ1v) is 15.8. The van der Waals surface area contributed by atoms with E-state index in [0.29, 0.717) is 11.6 Å². The van der Waals surface area contributed by atoms with Gasteiger partial charge in [0.1, 0.15) is 48.8 Å². The van der Waals surface area contributed by atoms with Crippen LogP contribution in [0.4, 0.5) is 0 Å². The monoisotopic (exact) mass is 667 g/mol. The van der Waals surface area contributed by atoms with Crippen LogP contribution in [0.5, 0.6) is 0 Å². The highest BCUT2D eigenvalue weighted by Crippen LogP contribution is 2.36. The largest absolute Gasteiger partial charge is 0.394 e. The molecule has 0 aromatic carbocycles. The number of carbonyl (C=O) groups is 1. The molecule has 2 aliphatic carbocycles. The minimum atomic E-state index is -1.61. The fourth-order valence-corrected chi connectivity index (χ4v) is 6.74. The second-order valence-corrected chi connectivity index (χ2v) is 12.9. The molecule has 46 heavy (non-hydrogen) atoms. The minimum absolute atomic E-state index is 0.00575. The second-order valence-electron chi connectivity index (χ2n) is 12.9. The summed E-state index contributed by atoms with van der Waals surface area (Å²) in [5.41, 5.74) is 29.6. The average molecular weight is 668 g/mol. The summed E-state index contributed by atoms with van der Waals surface area (Å²) < 4.78 is 23.8. The summed E-state index contributed by atoms with van der Waals surface area (Å²) in [7, 11) is 0. The van der Waals surface area contributed by atoms with Crippen molar-refractivity contribution in [2.24, 2.45) is 40.5 Å². The van der Waals surface area contributed by atoms with Crippen molar-refractivity contribution in [1.29, 1.82) is 0 Å². The number of hydroxylamine groups is 2. The van der Waals surface area contributed by atoms with Crippen molar-refractivity contribution in [3.63, 3.8) is 0 Å². The molecule has 4 aliphatic rings. The highest BCUT2D eigenvalue weighted by molar-refractivity contribution is 5.75. The molecule has 2 heterocycles. The van der Waals surface area contributed by atoms with Crippen molar-refractivity contribution in [2.75, 3.05) is 32.8 Å². The average Bonchev–Trinajstić information content (AvgIpc) is 3.01. The van der Waals surface area contributed by atoms with Crippen molar-refractivity contribution in [3.05, 3.63) is 0 Å². The van der Waals surface area contributed by atoms with Gasteiger partial charge in [0, 0.05) is 31.6 Å². The van der Waals surface area contributed by atoms with Gasteiger partial charge in [-0.25, -0.2) is 5.06 Å². The Morgan fingerprint density at radius 2 is 1.50 bits per heavy atom. The summed E-state index contributed by atoms with van der Waals surface area (Å²) in [4.78, 5) is 12.8. The lowest BCUT2D eigenvalue weighted by Gasteiger charge is -2.49. The first-order chi connectivity index (χ1) is 21.8. The Labute approximate surface area is 266 Å². The quantitative estimate of drug-likeness (QED) is 0.0640. The summed E-state index contributed by atoms with van der Waals surface area (Å²) in [5, 5.41) is 77.8. The number of ether oxygens (including phenoxy) is 4. The number of aliphatic hydroxyl groups is 6. The number of carbonyl (C=O) groups excluding carboxylic acids is 1. The molecule has 0 spiro atoms. The predicted octanol–water partition coefficient (Wildman–Crippen LogP) is -7.10. The number of nitrogens with zero attached hydrogens (tertiary/aromatic N) is 1. The van der Waals surface area contributed by atoms with E-state index in [-0.39, 0.29) is 44.4 Å². The van der Waals surface area contributed by atoms with Gasteiger partial charge < -0.3 is 83.6 Å². The minimum Gasteiger partial charge on any atom is -0.394 e. The highest BCUT2D eigenvalue weighted by Gasteiger charge is 2.53. The predicted molar refractivity (Wildman–Crippen MR) is 157 cm³/mol. The SMILES string of the molecule is NCCN(O)C(=O)C[C@@H]1C[C@H](N)C(O[C@H]2O[C@H](CN)[C@@H](O)[C@H](O)[C@H]2NCC2CC(N)C2)[C@H](O)[C@H]1O[C@H]1O[C@H](CO)[C@@H](O)[C@H](N)[C@H]1O. The van der Waals surface area contributed by atoms with Crippen LogP contribution in [0.2, 0.25) is 0 Å². The summed E-state index contributed by atoms with van der Waals surface area (Å²) in [6.45, 7) is -0.507. The zero-order valence-corrected chi connectivity index (χ0v) is 25.7. The second kappa shape index (κ2) is 16.5. The van der Waals surface area contributed by atoms with Crippen molar-refractivity contribution in [3.8, 4) is 0 Å². The van der Waals surface area contributed by atoms with Gasteiger partial charge in [0.2, 0.25) is 5.91 Å². The lowest BCUT2D eigenvalue weighted by molar-refractivity contribution is -0.324. The van der Waals surface area contributed by atoms with Gasteiger partial charge in [0.25, 0.3) is 0 Å². The van der Waals surface area contributed by atoms with E-state index in [9.17, 15) is 40.6 Å². The first-order valence-electron chi connectivity index (χ1n) is 15.8. The lowest BCUT2D eigenvalue weighted by Crippen LogP contribution is -2.68. The fraction of sp³-hybridized carbons (Fsp3) is 0.963. The normalized spacial score (nSPS) is 46.5. The highest BCUT2D eigenvalue weighted by atomic mass is 16.7. The number of rotatable bonds is 13. The third-order valence-electron chi connectivity index (χ3n) is 9.57. The van der Waals surface area contributed by atoms with E-state index in [4.69, 9.17) is 47.6 Å². The van der Waals surface area contributed by atoms with Gasteiger partial charge >= 0.3 is 0 Å². The number of hydrogen-bond acceptors (Lipinski definition) is 18. The molecule has 4 fully saturated rings. The van der Waals surface area contributed by atoms with Crippen LogP contribution < -0.4 is 34.0 Å². The van der Waals surface area contributed by atoms with E-state index in [1.807, 2.05) is 0 Å². The van der Waals surface area contributed by atoms with E-state index >= 15 is 0 Å². The Balaban J connectivity index is 1.56. The van der Waals surface area contributed by atoms with E-state index in [0.717, 1.165) is 12.8 Å². The molecular weight excluding hydrogens is 614 g/mol. The first kappa shape index (κ1) is 37.6. The molecule has 1 amide bonds. The number of nitrogens with one attached hydrogen (secondary N) is 1. The van der Waals surface area contributed by atoms with Gasteiger partial charge in [0.05, 0.1) is 31.3 Å². The van der Waals surface area contributed by atoms with Crippen molar-refractivity contribution < 1.29 is 59.6 Å². The number of aliphatic hydroxyl groups excluding tert-OH is 6. The Morgan fingerprint density at radius 1 is 0.848 bits per heavy atom. The molecule has 268 valence electrons. The molecule has 0 radical (unpaired) electrons. The zero-order valence-electron chi connectivity index (χ0n) is 25.7. The molecule has 2 aliphatic heterocycles. The maximum Gasteiger partial charge on any atom is 0.246 e. The fourth-order valence-electron chi connectivity index (χ4n) is 6.74. The molecular formula is C27H53N7O12. The van der Waals surface area contributed by atoms with Gasteiger partial charge in [0.15, 0.2) is 12.6 Å². The number of nitrogens with two attached hydrogens (primary N) is 5. The maximum atomic E-state index is 12.8. The molecule has 0 bridgehead atoms. The summed E-state index contributed by atoms with van der Waals surface area (Å²) in [5.74, 6) is -1.35. The molecule has 15 atom stereocenters. The van der Waals surface area contributed by atoms with Gasteiger partial charge in [-0.2, -0.15) is 0 Å². The third kappa shape index (κ3) is 8.32. The molecule has 2 saturated carbocycles. The Hall–Kier alpha value is -1.21. The van der Waals surface area contributed by atoms with Crippen LogP contribution in [-0.4, -0.2) is 171 Å². The summed E-state index contributed by atoms with van der Waals surface area (Å²) >= 11 is 0. The van der Waals surface area contributed by atoms with E-state index in [1.165, 1.54) is 0 Å². The van der Waals surface area contributed by atoms with Crippen LogP contribution in [0, 0.1) is 11.8 Å². The van der Waals surface area contributed by atoms with Crippen LogP contribution >= 0.6 is 0 Å². The van der Waals surface area contributed by atoms with Crippen molar-refractivity contribution in [1.82, 2.24) is 10.4 Å². The van der Waals surface area contributed by atoms with Crippen LogP contribution in [0.25, 0.3) is 0 Å². The Morgan fingerprint density at radius 3 is 2.11 bits per heavy atom. The van der Waals surface area contributed by atoms with Crippen LogP contribution in [0.15, 0.2) is 0 Å². The number of hydrogen-bond donors (Lipinski definition) is 13. The smallest absolute Gasteiger partial charge is 0.246 e. The molecule has 0 aromatic heterocycles. The molecule has 4 rings (SSSR count). The molecule has 2 saturated heterocycles. The topological polar surface area (TPSA) is 341 Å².